The van der Waals surface area contributed by atoms with Gasteiger partial charge < -0.3 is 18.8 Å². The largest absolute Gasteiger partial charge is 0.493 e. The number of carbonyl (C=O) groups is 1. The van der Waals surface area contributed by atoms with E-state index in [9.17, 15) is 13.2 Å². The van der Waals surface area contributed by atoms with Crippen molar-refractivity contribution in [2.24, 2.45) is 4.99 Å². The molecule has 1 saturated heterocycles. The van der Waals surface area contributed by atoms with Crippen molar-refractivity contribution in [3.05, 3.63) is 46.8 Å². The first-order chi connectivity index (χ1) is 17.4. The number of piperidine rings is 1. The first-order valence-electron chi connectivity index (χ1n) is 11.9. The highest BCUT2D eigenvalue weighted by molar-refractivity contribution is 7.89. The summed E-state index contributed by atoms with van der Waals surface area (Å²) in [6, 6.07) is 9.73. The summed E-state index contributed by atoms with van der Waals surface area (Å²) in [5.41, 5.74) is 1.17. The standard InChI is InChI=1S/C25H31N3O6S2/c1-4-34-15-14-28-20-16-21(32-2)22(33-3)17-23(20)35-25(28)26-24(29)18-8-10-19(11-9-18)36(30,31)27-12-6-5-7-13-27/h8-11,16-17H,4-7,12-15H2,1-3H3. The zero-order valence-electron chi connectivity index (χ0n) is 20.7. The lowest BCUT2D eigenvalue weighted by molar-refractivity contribution is 0.0996. The Hall–Kier alpha value is -2.73. The van der Waals surface area contributed by atoms with Crippen molar-refractivity contribution >= 4 is 37.5 Å². The van der Waals surface area contributed by atoms with Gasteiger partial charge >= 0.3 is 0 Å². The Morgan fingerprint density at radius 2 is 1.69 bits per heavy atom. The van der Waals surface area contributed by atoms with Crippen LogP contribution in [-0.2, 0) is 21.3 Å². The van der Waals surface area contributed by atoms with E-state index < -0.39 is 15.9 Å². The number of nitrogens with zero attached hydrogens (tertiary/aromatic N) is 3. The van der Waals surface area contributed by atoms with E-state index in [0.717, 1.165) is 29.5 Å². The maximum atomic E-state index is 13.1. The lowest BCUT2D eigenvalue weighted by Gasteiger charge is -2.25. The molecule has 3 aromatic rings. The number of thiazole rings is 1. The maximum absolute atomic E-state index is 13.1. The van der Waals surface area contributed by atoms with Gasteiger partial charge in [0.1, 0.15) is 0 Å². The van der Waals surface area contributed by atoms with Crippen LogP contribution in [0.2, 0.25) is 0 Å². The molecule has 1 aromatic heterocycles. The van der Waals surface area contributed by atoms with Crippen LogP contribution in [-0.4, -0.2) is 63.7 Å². The van der Waals surface area contributed by atoms with Gasteiger partial charge in [-0.05, 0) is 44.0 Å². The number of methoxy groups -OCH3 is 2. The summed E-state index contributed by atoms with van der Waals surface area (Å²) < 4.78 is 46.6. The van der Waals surface area contributed by atoms with E-state index in [0.29, 0.717) is 54.7 Å². The average Bonchev–Trinajstić information content (AvgIpc) is 3.24. The Morgan fingerprint density at radius 1 is 1.03 bits per heavy atom. The molecule has 0 atom stereocenters. The fourth-order valence-electron chi connectivity index (χ4n) is 4.17. The topological polar surface area (TPSA) is 99.4 Å². The van der Waals surface area contributed by atoms with Crippen LogP contribution in [0, 0.1) is 0 Å². The fourth-order valence-corrected chi connectivity index (χ4v) is 6.76. The number of amides is 1. The molecule has 194 valence electrons. The molecule has 0 unspecified atom stereocenters. The molecule has 4 rings (SSSR count). The van der Waals surface area contributed by atoms with E-state index in [2.05, 4.69) is 4.99 Å². The molecular formula is C25H31N3O6S2. The zero-order valence-corrected chi connectivity index (χ0v) is 22.4. The highest BCUT2D eigenvalue weighted by atomic mass is 32.2. The van der Waals surface area contributed by atoms with Crippen LogP contribution < -0.4 is 14.3 Å². The molecular weight excluding hydrogens is 502 g/mol. The van der Waals surface area contributed by atoms with Gasteiger partial charge in [0.25, 0.3) is 5.91 Å². The van der Waals surface area contributed by atoms with Gasteiger partial charge in [0.2, 0.25) is 10.0 Å². The summed E-state index contributed by atoms with van der Waals surface area (Å²) >= 11 is 1.36. The number of carbonyl (C=O) groups excluding carboxylic acids is 1. The van der Waals surface area contributed by atoms with Crippen LogP contribution >= 0.6 is 11.3 Å². The van der Waals surface area contributed by atoms with E-state index in [1.54, 1.807) is 14.2 Å². The van der Waals surface area contributed by atoms with E-state index in [-0.39, 0.29) is 4.90 Å². The predicted molar refractivity (Wildman–Crippen MR) is 138 cm³/mol. The van der Waals surface area contributed by atoms with Crippen molar-refractivity contribution in [3.63, 3.8) is 0 Å². The number of sulfonamides is 1. The molecule has 2 heterocycles. The van der Waals surface area contributed by atoms with Gasteiger partial charge in [0.15, 0.2) is 16.3 Å². The van der Waals surface area contributed by atoms with Gasteiger partial charge in [-0.15, -0.1) is 0 Å². The number of benzene rings is 2. The van der Waals surface area contributed by atoms with Crippen LogP contribution in [0.1, 0.15) is 36.5 Å². The van der Waals surface area contributed by atoms with Crippen molar-refractivity contribution < 1.29 is 27.4 Å². The molecule has 0 bridgehead atoms. The summed E-state index contributed by atoms with van der Waals surface area (Å²) in [5, 5.41) is 0. The van der Waals surface area contributed by atoms with E-state index >= 15 is 0 Å². The molecule has 0 aliphatic carbocycles. The number of rotatable bonds is 9. The number of hydrogen-bond acceptors (Lipinski definition) is 7. The van der Waals surface area contributed by atoms with E-state index in [1.165, 1.54) is 39.9 Å². The Bertz CT molecular complexity index is 1390. The molecule has 0 spiro atoms. The SMILES string of the molecule is CCOCCn1c(=NC(=O)c2ccc(S(=O)(=O)N3CCCCC3)cc2)sc2cc(OC)c(OC)cc21. The third-order valence-electron chi connectivity index (χ3n) is 6.10. The molecule has 9 nitrogen and oxygen atoms in total. The summed E-state index contributed by atoms with van der Waals surface area (Å²) in [5.74, 6) is 0.718. The normalized spacial score (nSPS) is 15.4. The molecule has 1 amide bonds. The van der Waals surface area contributed by atoms with E-state index in [4.69, 9.17) is 14.2 Å². The van der Waals surface area contributed by atoms with Gasteiger partial charge in [0.05, 0.1) is 35.9 Å². The second-order valence-electron chi connectivity index (χ2n) is 8.31. The second kappa shape index (κ2) is 11.5. The first kappa shape index (κ1) is 26.3. The smallest absolute Gasteiger partial charge is 0.279 e. The van der Waals surface area contributed by atoms with Gasteiger partial charge in [-0.25, -0.2) is 8.42 Å². The van der Waals surface area contributed by atoms with Crippen molar-refractivity contribution in [1.82, 2.24) is 8.87 Å². The minimum atomic E-state index is -3.56. The summed E-state index contributed by atoms with van der Waals surface area (Å²) in [6.07, 6.45) is 2.78. The van der Waals surface area contributed by atoms with Crippen LogP contribution in [0.4, 0.5) is 0 Å². The molecule has 11 heteroatoms. The van der Waals surface area contributed by atoms with Crippen LogP contribution in [0.3, 0.4) is 0 Å². The molecule has 0 N–H and O–H groups in total. The highest BCUT2D eigenvalue weighted by Gasteiger charge is 2.26. The van der Waals surface area contributed by atoms with E-state index in [1.807, 2.05) is 23.6 Å². The molecule has 1 aliphatic heterocycles. The Morgan fingerprint density at radius 3 is 2.33 bits per heavy atom. The molecule has 2 aromatic carbocycles. The molecule has 36 heavy (non-hydrogen) atoms. The van der Waals surface area contributed by atoms with Crippen LogP contribution in [0.15, 0.2) is 46.3 Å². The molecule has 0 radical (unpaired) electrons. The number of hydrogen-bond donors (Lipinski definition) is 0. The predicted octanol–water partition coefficient (Wildman–Crippen LogP) is 3.67. The number of fused-ring (bicyclic) bond motifs is 1. The lowest BCUT2D eigenvalue weighted by Crippen LogP contribution is -2.35. The number of aromatic nitrogens is 1. The third-order valence-corrected chi connectivity index (χ3v) is 9.06. The van der Waals surface area contributed by atoms with Crippen LogP contribution in [0.25, 0.3) is 10.2 Å². The van der Waals surface area contributed by atoms with Crippen molar-refractivity contribution in [2.75, 3.05) is 40.5 Å². The molecule has 1 fully saturated rings. The monoisotopic (exact) mass is 533 g/mol. The maximum Gasteiger partial charge on any atom is 0.279 e. The minimum absolute atomic E-state index is 0.189. The second-order valence-corrected chi connectivity index (χ2v) is 11.3. The van der Waals surface area contributed by atoms with Crippen LogP contribution in [0.5, 0.6) is 11.5 Å². The van der Waals surface area contributed by atoms with Crippen molar-refractivity contribution in [1.29, 1.82) is 0 Å². The Labute approximate surface area is 215 Å². The molecule has 1 aliphatic rings. The zero-order chi connectivity index (χ0) is 25.7. The van der Waals surface area contributed by atoms with Gasteiger partial charge in [-0.1, -0.05) is 17.8 Å². The van der Waals surface area contributed by atoms with Gasteiger partial charge in [-0.2, -0.15) is 9.30 Å². The lowest BCUT2D eigenvalue weighted by atomic mass is 10.2. The summed E-state index contributed by atoms with van der Waals surface area (Å²) in [4.78, 5) is 18.1. The summed E-state index contributed by atoms with van der Waals surface area (Å²) in [6.45, 7) is 4.53. The quantitative estimate of drug-likeness (QED) is 0.389. The van der Waals surface area contributed by atoms with Gasteiger partial charge in [0, 0.05) is 43.9 Å². The minimum Gasteiger partial charge on any atom is -0.493 e. The third kappa shape index (κ3) is 5.49. The summed E-state index contributed by atoms with van der Waals surface area (Å²) in [7, 11) is -0.414. The number of ether oxygens (including phenoxy) is 3. The fraction of sp³-hybridized carbons (Fsp3) is 0.440. The Kier molecular flexibility index (Phi) is 8.45. The average molecular weight is 534 g/mol. The van der Waals surface area contributed by atoms with Gasteiger partial charge in [-0.3, -0.25) is 4.79 Å². The first-order valence-corrected chi connectivity index (χ1v) is 14.2. The highest BCUT2D eigenvalue weighted by Crippen LogP contribution is 2.33. The molecule has 0 saturated carbocycles. The Balaban J connectivity index is 1.68. The van der Waals surface area contributed by atoms with Crippen molar-refractivity contribution in [3.8, 4) is 11.5 Å². The van der Waals surface area contributed by atoms with Crippen molar-refractivity contribution in [2.45, 2.75) is 37.6 Å².